The number of nitrogens with one attached hydrogen (secondary N) is 4. The minimum absolute atomic E-state index is 0.102. The lowest BCUT2D eigenvalue weighted by Gasteiger charge is -2.21. The highest BCUT2D eigenvalue weighted by molar-refractivity contribution is 7.17. The first kappa shape index (κ1) is 28.9. The molecule has 0 bridgehead atoms. The number of anilines is 1. The summed E-state index contributed by atoms with van der Waals surface area (Å²) in [7, 11) is 0. The zero-order chi connectivity index (χ0) is 28.6. The van der Waals surface area contributed by atoms with E-state index in [-0.39, 0.29) is 40.9 Å². The second-order valence-corrected chi connectivity index (χ2v) is 10.9. The molecular formula is C27H30N6O5S2. The number of aryl methyl sites for hydroxylation is 1. The number of carbonyl (C=O) groups is 4. The van der Waals surface area contributed by atoms with Gasteiger partial charge in [-0.15, -0.1) is 11.3 Å². The molecule has 0 saturated heterocycles. The van der Waals surface area contributed by atoms with Crippen molar-refractivity contribution in [3.8, 4) is 0 Å². The molecule has 1 atom stereocenters. The van der Waals surface area contributed by atoms with Crippen LogP contribution in [-0.4, -0.2) is 57.6 Å². The van der Waals surface area contributed by atoms with E-state index in [1.54, 1.807) is 30.6 Å². The van der Waals surface area contributed by atoms with E-state index in [0.717, 1.165) is 27.8 Å². The van der Waals surface area contributed by atoms with Crippen molar-refractivity contribution in [2.45, 2.75) is 52.2 Å². The highest BCUT2D eigenvalue weighted by Crippen LogP contribution is 2.24. The standard InChI is InChI=1S/C27H30N6O5S2/c1-4-17(5-2)38-26(37)20(14-28-24(35)21-10-7-11-39-21)31-25(36)23-15(3)30-27(40-23)32-22(34)12-16-8-6-9-19-18(16)13-29-33-19/h6-11,13,17,20H,4-5,12,14H2,1-3H3,(H,28,35)(H,29,33)(H,31,36)(H,30,32,34). The third kappa shape index (κ3) is 7.10. The van der Waals surface area contributed by atoms with Crippen molar-refractivity contribution in [3.05, 3.63) is 62.9 Å². The Morgan fingerprint density at radius 3 is 2.60 bits per heavy atom. The second kappa shape index (κ2) is 13.3. The summed E-state index contributed by atoms with van der Waals surface area (Å²) in [6.07, 6.45) is 2.71. The van der Waals surface area contributed by atoms with Gasteiger partial charge in [-0.05, 0) is 42.8 Å². The van der Waals surface area contributed by atoms with Crippen LogP contribution in [0, 0.1) is 6.92 Å². The zero-order valence-corrected chi connectivity index (χ0v) is 23.9. The Morgan fingerprint density at radius 2 is 1.88 bits per heavy atom. The topological polar surface area (TPSA) is 155 Å². The molecule has 4 rings (SSSR count). The molecule has 3 aromatic heterocycles. The highest BCUT2D eigenvalue weighted by atomic mass is 32.1. The average molecular weight is 583 g/mol. The molecule has 0 spiro atoms. The van der Waals surface area contributed by atoms with Crippen LogP contribution in [0.25, 0.3) is 10.9 Å². The molecule has 0 aliphatic rings. The van der Waals surface area contributed by atoms with E-state index >= 15 is 0 Å². The van der Waals surface area contributed by atoms with E-state index in [0.29, 0.717) is 23.4 Å². The molecule has 11 nitrogen and oxygen atoms in total. The summed E-state index contributed by atoms with van der Waals surface area (Å²) < 4.78 is 5.56. The van der Waals surface area contributed by atoms with Crippen molar-refractivity contribution >= 4 is 62.4 Å². The number of thiazole rings is 1. The van der Waals surface area contributed by atoms with Crippen molar-refractivity contribution in [1.29, 1.82) is 0 Å². The van der Waals surface area contributed by atoms with Crippen LogP contribution in [0.4, 0.5) is 5.13 Å². The Balaban J connectivity index is 1.43. The molecular weight excluding hydrogens is 552 g/mol. The van der Waals surface area contributed by atoms with Gasteiger partial charge < -0.3 is 20.7 Å². The number of carbonyl (C=O) groups excluding carboxylic acids is 4. The minimum atomic E-state index is -1.12. The average Bonchev–Trinajstić information content (AvgIpc) is 3.71. The Kier molecular flexibility index (Phi) is 9.61. The number of ether oxygens (including phenoxy) is 1. The lowest BCUT2D eigenvalue weighted by Crippen LogP contribution is -2.49. The largest absolute Gasteiger partial charge is 0.461 e. The first-order valence-corrected chi connectivity index (χ1v) is 14.5. The third-order valence-corrected chi connectivity index (χ3v) is 8.11. The number of aromatic amines is 1. The van der Waals surface area contributed by atoms with Gasteiger partial charge in [0.1, 0.15) is 17.0 Å². The maximum atomic E-state index is 13.2. The van der Waals surface area contributed by atoms with Gasteiger partial charge in [0.05, 0.1) is 28.7 Å². The number of hydrogen-bond donors (Lipinski definition) is 4. The van der Waals surface area contributed by atoms with Gasteiger partial charge in [0.25, 0.3) is 11.8 Å². The highest BCUT2D eigenvalue weighted by Gasteiger charge is 2.28. The summed E-state index contributed by atoms with van der Waals surface area (Å²) in [6, 6.07) is 7.87. The first-order valence-electron chi connectivity index (χ1n) is 12.8. The van der Waals surface area contributed by atoms with Gasteiger partial charge in [-0.1, -0.05) is 43.4 Å². The summed E-state index contributed by atoms with van der Waals surface area (Å²) in [6.45, 7) is 5.30. The second-order valence-electron chi connectivity index (χ2n) is 9.00. The van der Waals surface area contributed by atoms with Gasteiger partial charge in [-0.2, -0.15) is 5.10 Å². The van der Waals surface area contributed by atoms with Crippen molar-refractivity contribution in [2.24, 2.45) is 0 Å². The van der Waals surface area contributed by atoms with E-state index < -0.39 is 17.9 Å². The number of thiophene rings is 1. The molecule has 40 heavy (non-hydrogen) atoms. The van der Waals surface area contributed by atoms with Crippen LogP contribution in [0.2, 0.25) is 0 Å². The fraction of sp³-hybridized carbons (Fsp3) is 0.333. The molecule has 1 unspecified atom stereocenters. The van der Waals surface area contributed by atoms with Crippen molar-refractivity contribution < 1.29 is 23.9 Å². The Hall–Kier alpha value is -4.10. The molecule has 210 valence electrons. The summed E-state index contributed by atoms with van der Waals surface area (Å²) in [4.78, 5) is 56.4. The maximum Gasteiger partial charge on any atom is 0.330 e. The molecule has 0 radical (unpaired) electrons. The summed E-state index contributed by atoms with van der Waals surface area (Å²) in [5.41, 5.74) is 2.03. The number of nitrogens with zero attached hydrogens (tertiary/aromatic N) is 2. The molecule has 3 amide bonds. The summed E-state index contributed by atoms with van der Waals surface area (Å²) >= 11 is 2.27. The molecule has 0 aliphatic heterocycles. The minimum Gasteiger partial charge on any atom is -0.461 e. The van der Waals surface area contributed by atoms with Crippen molar-refractivity contribution in [1.82, 2.24) is 25.8 Å². The number of hydrogen-bond acceptors (Lipinski definition) is 9. The third-order valence-electron chi connectivity index (χ3n) is 6.17. The molecule has 0 aliphatic carbocycles. The van der Waals surface area contributed by atoms with E-state index in [1.807, 2.05) is 32.0 Å². The Morgan fingerprint density at radius 1 is 1.07 bits per heavy atom. The number of benzene rings is 1. The molecule has 3 heterocycles. The van der Waals surface area contributed by atoms with E-state index in [2.05, 4.69) is 31.1 Å². The smallest absolute Gasteiger partial charge is 0.330 e. The number of esters is 1. The van der Waals surface area contributed by atoms with Crippen LogP contribution in [0.1, 0.15) is 57.3 Å². The van der Waals surface area contributed by atoms with Crippen LogP contribution < -0.4 is 16.0 Å². The number of H-pyrrole nitrogens is 1. The molecule has 1 aromatic carbocycles. The monoisotopic (exact) mass is 582 g/mol. The predicted molar refractivity (Wildman–Crippen MR) is 154 cm³/mol. The van der Waals surface area contributed by atoms with Gasteiger partial charge in [0.15, 0.2) is 5.13 Å². The SMILES string of the molecule is CCC(CC)OC(=O)C(CNC(=O)c1cccs1)NC(=O)c1sc(NC(=O)Cc2cccc3[nH]ncc23)nc1C. The van der Waals surface area contributed by atoms with Crippen molar-refractivity contribution in [3.63, 3.8) is 0 Å². The Bertz CT molecular complexity index is 1490. The lowest BCUT2D eigenvalue weighted by atomic mass is 10.1. The van der Waals surface area contributed by atoms with Crippen LogP contribution in [0.15, 0.2) is 41.9 Å². The Labute approximate surface area is 238 Å². The van der Waals surface area contributed by atoms with Crippen LogP contribution in [-0.2, 0) is 20.7 Å². The quantitative estimate of drug-likeness (QED) is 0.185. The number of fused-ring (bicyclic) bond motifs is 1. The zero-order valence-electron chi connectivity index (χ0n) is 22.3. The first-order chi connectivity index (χ1) is 19.3. The predicted octanol–water partition coefficient (Wildman–Crippen LogP) is 3.83. The molecule has 4 aromatic rings. The molecule has 0 fully saturated rings. The maximum absolute atomic E-state index is 13.2. The van der Waals surface area contributed by atoms with Crippen LogP contribution in [0.3, 0.4) is 0 Å². The van der Waals surface area contributed by atoms with Crippen molar-refractivity contribution in [2.75, 3.05) is 11.9 Å². The summed E-state index contributed by atoms with van der Waals surface area (Å²) in [5.74, 6) is -1.85. The van der Waals surface area contributed by atoms with Gasteiger partial charge in [0.2, 0.25) is 5.91 Å². The van der Waals surface area contributed by atoms with Crippen LogP contribution >= 0.6 is 22.7 Å². The number of rotatable bonds is 12. The van der Waals surface area contributed by atoms with Gasteiger partial charge in [0, 0.05) is 11.9 Å². The molecule has 13 heteroatoms. The number of amides is 3. The van der Waals surface area contributed by atoms with Gasteiger partial charge in [-0.25, -0.2) is 9.78 Å². The summed E-state index contributed by atoms with van der Waals surface area (Å²) in [5, 5.41) is 17.9. The molecule has 4 N–H and O–H groups in total. The fourth-order valence-electron chi connectivity index (χ4n) is 3.99. The van der Waals surface area contributed by atoms with Crippen LogP contribution in [0.5, 0.6) is 0 Å². The normalized spacial score (nSPS) is 11.8. The lowest BCUT2D eigenvalue weighted by molar-refractivity contribution is -0.151. The van der Waals surface area contributed by atoms with Gasteiger partial charge >= 0.3 is 5.97 Å². The molecule has 0 saturated carbocycles. The van der Waals surface area contributed by atoms with E-state index in [1.165, 1.54) is 11.3 Å². The van der Waals surface area contributed by atoms with Gasteiger partial charge in [-0.3, -0.25) is 19.5 Å². The fourth-order valence-corrected chi connectivity index (χ4v) is 5.51. The van der Waals surface area contributed by atoms with E-state index in [9.17, 15) is 19.2 Å². The van der Waals surface area contributed by atoms with E-state index in [4.69, 9.17) is 4.74 Å². The number of aromatic nitrogens is 3.